The first-order valence-electron chi connectivity index (χ1n) is 10.6. The van der Waals surface area contributed by atoms with Crippen molar-refractivity contribution in [2.24, 2.45) is 0 Å². The van der Waals surface area contributed by atoms with E-state index in [4.69, 9.17) is 8.83 Å². The van der Waals surface area contributed by atoms with Crippen LogP contribution in [-0.4, -0.2) is 50.8 Å². The van der Waals surface area contributed by atoms with E-state index in [2.05, 4.69) is 19.9 Å². The van der Waals surface area contributed by atoms with Crippen LogP contribution >= 0.6 is 11.3 Å². The zero-order chi connectivity index (χ0) is 22.4. The first kappa shape index (κ1) is 20.0. The van der Waals surface area contributed by atoms with E-state index < -0.39 is 0 Å². The predicted octanol–water partition coefficient (Wildman–Crippen LogP) is 4.40. The van der Waals surface area contributed by atoms with Gasteiger partial charge in [-0.2, -0.15) is 9.50 Å². The van der Waals surface area contributed by atoms with Crippen LogP contribution in [0.3, 0.4) is 0 Å². The predicted molar refractivity (Wildman–Crippen MR) is 121 cm³/mol. The minimum atomic E-state index is -0.268. The van der Waals surface area contributed by atoms with E-state index in [0.717, 1.165) is 42.5 Å². The Balaban J connectivity index is 1.30. The van der Waals surface area contributed by atoms with Crippen molar-refractivity contribution in [1.82, 2.24) is 19.5 Å². The number of thiazole rings is 1. The molecule has 0 spiro atoms. The topological polar surface area (TPSA) is 83.2 Å². The second-order valence-electron chi connectivity index (χ2n) is 7.81. The molecule has 168 valence electrons. The third-order valence-electron chi connectivity index (χ3n) is 5.87. The Bertz CT molecular complexity index is 1350. The minimum absolute atomic E-state index is 0.0441. The average molecular weight is 466 g/mol. The number of halogens is 1. The Kier molecular flexibility index (Phi) is 4.88. The first-order chi connectivity index (χ1) is 16.2. The number of aromatic nitrogens is 3. The lowest BCUT2D eigenvalue weighted by Crippen LogP contribution is -2.47. The summed E-state index contributed by atoms with van der Waals surface area (Å²) < 4.78 is 25.9. The molecular weight excluding hydrogens is 445 g/mol. The molecule has 1 atom stereocenters. The first-order valence-corrected chi connectivity index (χ1v) is 11.4. The van der Waals surface area contributed by atoms with E-state index >= 15 is 0 Å². The number of anilines is 1. The van der Waals surface area contributed by atoms with Gasteiger partial charge < -0.3 is 18.8 Å². The van der Waals surface area contributed by atoms with Crippen LogP contribution in [0.25, 0.3) is 16.5 Å². The molecule has 0 radical (unpaired) electrons. The molecule has 6 rings (SSSR count). The van der Waals surface area contributed by atoms with Gasteiger partial charge >= 0.3 is 0 Å². The van der Waals surface area contributed by atoms with E-state index in [0.29, 0.717) is 16.5 Å². The van der Waals surface area contributed by atoms with Crippen molar-refractivity contribution >= 4 is 22.0 Å². The summed E-state index contributed by atoms with van der Waals surface area (Å²) in [5.41, 5.74) is 0.998. The molecule has 8 nitrogen and oxygen atoms in total. The maximum Gasteiger partial charge on any atom is 0.230 e. The molecule has 1 saturated heterocycles. The fraction of sp³-hybridized carbons (Fsp3) is 0.217. The van der Waals surface area contributed by atoms with Gasteiger partial charge in [-0.3, -0.25) is 4.90 Å². The van der Waals surface area contributed by atoms with Crippen LogP contribution in [0.5, 0.6) is 5.88 Å². The number of nitrogens with zero attached hydrogens (tertiary/aromatic N) is 5. The Labute approximate surface area is 192 Å². The van der Waals surface area contributed by atoms with Gasteiger partial charge in [-0.1, -0.05) is 11.3 Å². The fourth-order valence-electron chi connectivity index (χ4n) is 4.25. The second kappa shape index (κ2) is 8.05. The Morgan fingerprint density at radius 3 is 2.39 bits per heavy atom. The number of piperazine rings is 1. The molecule has 4 aromatic heterocycles. The van der Waals surface area contributed by atoms with Gasteiger partial charge in [-0.25, -0.2) is 4.39 Å². The van der Waals surface area contributed by atoms with E-state index in [-0.39, 0.29) is 17.7 Å². The summed E-state index contributed by atoms with van der Waals surface area (Å²) in [5, 5.41) is 15.5. The molecule has 33 heavy (non-hydrogen) atoms. The minimum Gasteiger partial charge on any atom is -0.492 e. The zero-order valence-corrected chi connectivity index (χ0v) is 18.3. The Morgan fingerprint density at radius 1 is 0.970 bits per heavy atom. The van der Waals surface area contributed by atoms with Crippen LogP contribution < -0.4 is 4.90 Å². The number of hydrogen-bond donors (Lipinski definition) is 1. The smallest absolute Gasteiger partial charge is 0.230 e. The van der Waals surface area contributed by atoms with Gasteiger partial charge in [0.05, 0.1) is 17.4 Å². The van der Waals surface area contributed by atoms with Gasteiger partial charge in [0.25, 0.3) is 0 Å². The van der Waals surface area contributed by atoms with Gasteiger partial charge in [0.2, 0.25) is 16.7 Å². The van der Waals surface area contributed by atoms with Crippen LogP contribution in [-0.2, 0) is 0 Å². The fourth-order valence-corrected chi connectivity index (χ4v) is 5.35. The highest BCUT2D eigenvalue weighted by Crippen LogP contribution is 2.41. The number of aromatic hydroxyl groups is 1. The monoisotopic (exact) mass is 465 g/mol. The van der Waals surface area contributed by atoms with Crippen LogP contribution in [0.4, 0.5) is 10.1 Å². The van der Waals surface area contributed by atoms with Crippen molar-refractivity contribution in [1.29, 1.82) is 0 Å². The molecule has 1 aromatic carbocycles. The summed E-state index contributed by atoms with van der Waals surface area (Å²) >= 11 is 1.38. The van der Waals surface area contributed by atoms with Crippen molar-refractivity contribution in [3.05, 3.63) is 77.5 Å². The maximum absolute atomic E-state index is 13.3. The number of fused-ring (bicyclic) bond motifs is 1. The molecule has 1 aliphatic heterocycles. The van der Waals surface area contributed by atoms with Gasteiger partial charge in [-0.15, -0.1) is 5.10 Å². The molecule has 5 heterocycles. The summed E-state index contributed by atoms with van der Waals surface area (Å²) in [6, 6.07) is 13.6. The lowest BCUT2D eigenvalue weighted by molar-refractivity contribution is 0.191. The molecule has 0 amide bonds. The summed E-state index contributed by atoms with van der Waals surface area (Å²) in [6.07, 6.45) is 3.20. The second-order valence-corrected chi connectivity index (χ2v) is 8.82. The third-order valence-corrected chi connectivity index (χ3v) is 6.95. The Morgan fingerprint density at radius 2 is 1.73 bits per heavy atom. The van der Waals surface area contributed by atoms with E-state index in [1.165, 1.54) is 28.0 Å². The number of furan rings is 2. The van der Waals surface area contributed by atoms with Crippen LogP contribution in [0, 0.1) is 5.82 Å². The largest absolute Gasteiger partial charge is 0.492 e. The lowest BCUT2D eigenvalue weighted by atomic mass is 10.1. The highest BCUT2D eigenvalue weighted by molar-refractivity contribution is 7.17. The molecular formula is C23H20FN5O3S. The normalized spacial score (nSPS) is 16.0. The lowest BCUT2D eigenvalue weighted by Gasteiger charge is -2.39. The number of rotatable bonds is 5. The average Bonchev–Trinajstić information content (AvgIpc) is 3.63. The van der Waals surface area contributed by atoms with Crippen LogP contribution in [0.15, 0.2) is 69.9 Å². The molecule has 1 fully saturated rings. The van der Waals surface area contributed by atoms with Crippen molar-refractivity contribution in [3.63, 3.8) is 0 Å². The van der Waals surface area contributed by atoms with Gasteiger partial charge in [0, 0.05) is 31.9 Å². The maximum atomic E-state index is 13.3. The summed E-state index contributed by atoms with van der Waals surface area (Å²) in [7, 11) is 0. The number of benzene rings is 1. The van der Waals surface area contributed by atoms with Crippen molar-refractivity contribution < 1.29 is 18.3 Å². The van der Waals surface area contributed by atoms with Gasteiger partial charge in [-0.05, 0) is 48.5 Å². The summed E-state index contributed by atoms with van der Waals surface area (Å²) in [6.45, 7) is 3.03. The molecule has 0 bridgehead atoms. The van der Waals surface area contributed by atoms with E-state index in [1.807, 2.05) is 12.1 Å². The van der Waals surface area contributed by atoms with Crippen molar-refractivity contribution in [2.75, 3.05) is 31.1 Å². The van der Waals surface area contributed by atoms with Gasteiger partial charge in [0.15, 0.2) is 5.76 Å². The van der Waals surface area contributed by atoms with Gasteiger partial charge in [0.1, 0.15) is 17.6 Å². The zero-order valence-electron chi connectivity index (χ0n) is 17.5. The Hall–Kier alpha value is -3.63. The molecule has 1 unspecified atom stereocenters. The van der Waals surface area contributed by atoms with Crippen LogP contribution in [0.1, 0.15) is 16.7 Å². The highest BCUT2D eigenvalue weighted by Gasteiger charge is 2.33. The SMILES string of the molecule is Oc1c(C(c2ccco2)N2CCN(c3ccc(F)cc3)CC2)sc2nc(-c3ccco3)nn12. The van der Waals surface area contributed by atoms with E-state index in [1.54, 1.807) is 36.8 Å². The van der Waals surface area contributed by atoms with Crippen molar-refractivity contribution in [2.45, 2.75) is 6.04 Å². The quantitative estimate of drug-likeness (QED) is 0.412. The molecule has 1 aliphatic rings. The summed E-state index contributed by atoms with van der Waals surface area (Å²) in [4.78, 5) is 10.3. The summed E-state index contributed by atoms with van der Waals surface area (Å²) in [5.74, 6) is 1.53. The standard InChI is InChI=1S/C23H20FN5O3S/c24-15-5-7-16(8-6-15)27-9-11-28(12-10-27)19(17-3-1-13-31-17)20-22(30)29-23(33-20)25-21(26-29)18-4-2-14-32-18/h1-8,13-14,19,30H,9-12H2. The molecule has 0 saturated carbocycles. The highest BCUT2D eigenvalue weighted by atomic mass is 32.1. The molecule has 0 aliphatic carbocycles. The molecule has 5 aromatic rings. The van der Waals surface area contributed by atoms with Crippen LogP contribution in [0.2, 0.25) is 0 Å². The van der Waals surface area contributed by atoms with E-state index in [9.17, 15) is 9.50 Å². The molecule has 10 heteroatoms. The third kappa shape index (κ3) is 3.57. The number of hydrogen-bond acceptors (Lipinski definition) is 8. The molecule has 1 N–H and O–H groups in total. The van der Waals surface area contributed by atoms with Crippen molar-refractivity contribution in [3.8, 4) is 17.5 Å².